The number of fused-ring (bicyclic) bond motifs is 2. The Bertz CT molecular complexity index is 759. The number of hydrogen-bond donors (Lipinski definition) is 1. The van der Waals surface area contributed by atoms with Crippen LogP contribution in [0.1, 0.15) is 55.8 Å². The maximum Gasteiger partial charge on any atom is 0.145 e. The van der Waals surface area contributed by atoms with Crippen molar-refractivity contribution in [1.82, 2.24) is 10.5 Å². The SMILES string of the molecule is Clc1ccccc1-c1noc(C2CC2)c1COC1C[C@H]2CC[C@@H](C1)N2. The zero-order valence-electron chi connectivity index (χ0n) is 14.2. The third-order valence-corrected chi connectivity index (χ3v) is 6.12. The molecule has 2 aromatic rings. The number of halogens is 1. The summed E-state index contributed by atoms with van der Waals surface area (Å²) in [5.41, 5.74) is 2.88. The standard InChI is InChI=1S/C20H23ClN2O2/c21-18-4-2-1-3-16(18)19-17(20(25-23-19)12-5-6-12)11-24-15-9-13-7-8-14(10-15)22-13/h1-4,12-15,22H,5-11H2/t13-,14+,15?. The normalized spacial score (nSPS) is 28.4. The molecular weight excluding hydrogens is 336 g/mol. The van der Waals surface area contributed by atoms with E-state index in [1.807, 2.05) is 24.3 Å². The molecule has 0 spiro atoms. The third-order valence-electron chi connectivity index (χ3n) is 5.79. The van der Waals surface area contributed by atoms with E-state index in [1.165, 1.54) is 25.7 Å². The monoisotopic (exact) mass is 358 g/mol. The van der Waals surface area contributed by atoms with Crippen molar-refractivity contribution in [1.29, 1.82) is 0 Å². The van der Waals surface area contributed by atoms with Gasteiger partial charge in [-0.2, -0.15) is 0 Å². The number of ether oxygens (including phenoxy) is 1. The average molecular weight is 359 g/mol. The van der Waals surface area contributed by atoms with Gasteiger partial charge >= 0.3 is 0 Å². The summed E-state index contributed by atoms with van der Waals surface area (Å²) in [5.74, 6) is 1.51. The molecule has 1 aromatic heterocycles. The zero-order chi connectivity index (χ0) is 16.8. The highest BCUT2D eigenvalue weighted by Gasteiger charge is 2.36. The Hall–Kier alpha value is -1.36. The average Bonchev–Trinajstić information content (AvgIpc) is 3.30. The highest BCUT2D eigenvalue weighted by molar-refractivity contribution is 6.33. The van der Waals surface area contributed by atoms with Gasteiger partial charge in [0.1, 0.15) is 11.5 Å². The molecule has 2 bridgehead atoms. The van der Waals surface area contributed by atoms with Crippen LogP contribution in [0, 0.1) is 0 Å². The first-order chi connectivity index (χ1) is 12.3. The second-order valence-electron chi connectivity index (χ2n) is 7.67. The summed E-state index contributed by atoms with van der Waals surface area (Å²) >= 11 is 6.40. The van der Waals surface area contributed by atoms with Crippen LogP contribution in [0.2, 0.25) is 5.02 Å². The molecular formula is C20H23ClN2O2. The van der Waals surface area contributed by atoms with Gasteiger partial charge in [0.05, 0.1) is 17.7 Å². The maximum atomic E-state index is 6.40. The number of aromatic nitrogens is 1. The molecule has 3 heterocycles. The summed E-state index contributed by atoms with van der Waals surface area (Å²) in [5, 5.41) is 8.74. The minimum atomic E-state index is 0.333. The largest absolute Gasteiger partial charge is 0.373 e. The van der Waals surface area contributed by atoms with Crippen molar-refractivity contribution in [2.24, 2.45) is 0 Å². The molecule has 1 N–H and O–H groups in total. The molecule has 1 saturated carbocycles. The topological polar surface area (TPSA) is 47.3 Å². The molecule has 1 aromatic carbocycles. The van der Waals surface area contributed by atoms with Gasteiger partial charge in [-0.05, 0) is 44.6 Å². The predicted octanol–water partition coefficient (Wildman–Crippen LogP) is 4.67. The first kappa shape index (κ1) is 15.9. The summed E-state index contributed by atoms with van der Waals surface area (Å²) < 4.78 is 12.1. The fourth-order valence-electron chi connectivity index (χ4n) is 4.33. The van der Waals surface area contributed by atoms with Gasteiger partial charge in [0, 0.05) is 29.1 Å². The third kappa shape index (κ3) is 3.12. The fourth-order valence-corrected chi connectivity index (χ4v) is 4.56. The fraction of sp³-hybridized carbons (Fsp3) is 0.550. The Kier molecular flexibility index (Phi) is 4.07. The van der Waals surface area contributed by atoms with Crippen molar-refractivity contribution < 1.29 is 9.26 Å². The van der Waals surface area contributed by atoms with Crippen LogP contribution in [0.3, 0.4) is 0 Å². The second kappa shape index (κ2) is 6.42. The highest BCUT2D eigenvalue weighted by Crippen LogP contribution is 2.45. The number of nitrogens with one attached hydrogen (secondary N) is 1. The van der Waals surface area contributed by atoms with E-state index in [0.29, 0.717) is 35.7 Å². The van der Waals surface area contributed by atoms with E-state index in [1.54, 1.807) is 0 Å². The number of piperidine rings is 1. The quantitative estimate of drug-likeness (QED) is 0.843. The van der Waals surface area contributed by atoms with Gasteiger partial charge in [-0.15, -0.1) is 0 Å². The van der Waals surface area contributed by atoms with Crippen molar-refractivity contribution in [2.75, 3.05) is 0 Å². The van der Waals surface area contributed by atoms with Crippen molar-refractivity contribution in [3.05, 3.63) is 40.6 Å². The molecule has 4 nitrogen and oxygen atoms in total. The number of nitrogens with zero attached hydrogens (tertiary/aromatic N) is 1. The highest BCUT2D eigenvalue weighted by atomic mass is 35.5. The lowest BCUT2D eigenvalue weighted by molar-refractivity contribution is 0.00876. The minimum absolute atomic E-state index is 0.333. The van der Waals surface area contributed by atoms with Gasteiger partial charge in [-0.25, -0.2) is 0 Å². The van der Waals surface area contributed by atoms with E-state index in [2.05, 4.69) is 10.5 Å². The lowest BCUT2D eigenvalue weighted by Gasteiger charge is -2.29. The second-order valence-corrected chi connectivity index (χ2v) is 8.08. The Balaban J connectivity index is 1.39. The molecule has 132 valence electrons. The van der Waals surface area contributed by atoms with Gasteiger partial charge in [-0.1, -0.05) is 35.0 Å². The minimum Gasteiger partial charge on any atom is -0.373 e. The Morgan fingerprint density at radius 1 is 1.12 bits per heavy atom. The molecule has 3 atom stereocenters. The van der Waals surface area contributed by atoms with E-state index in [0.717, 1.165) is 35.4 Å². The molecule has 5 heteroatoms. The van der Waals surface area contributed by atoms with Gasteiger partial charge in [0.15, 0.2) is 0 Å². The first-order valence-corrected chi connectivity index (χ1v) is 9.76. The molecule has 2 saturated heterocycles. The van der Waals surface area contributed by atoms with Gasteiger partial charge in [0.25, 0.3) is 0 Å². The van der Waals surface area contributed by atoms with E-state index < -0.39 is 0 Å². The van der Waals surface area contributed by atoms with Crippen molar-refractivity contribution >= 4 is 11.6 Å². The summed E-state index contributed by atoms with van der Waals surface area (Å²) in [4.78, 5) is 0. The van der Waals surface area contributed by atoms with Crippen LogP contribution in [0.15, 0.2) is 28.8 Å². The lowest BCUT2D eigenvalue weighted by atomic mass is 10.0. The Morgan fingerprint density at radius 3 is 2.60 bits per heavy atom. The van der Waals surface area contributed by atoms with Gasteiger partial charge in [0.2, 0.25) is 0 Å². The molecule has 3 aliphatic rings. The summed E-state index contributed by atoms with van der Waals surface area (Å²) in [6.07, 6.45) is 7.50. The molecule has 0 amide bonds. The number of rotatable bonds is 5. The first-order valence-electron chi connectivity index (χ1n) is 9.39. The Labute approximate surface area is 152 Å². The van der Waals surface area contributed by atoms with Crippen LogP contribution in [0.25, 0.3) is 11.3 Å². The van der Waals surface area contributed by atoms with Crippen LogP contribution < -0.4 is 5.32 Å². The van der Waals surface area contributed by atoms with E-state index in [9.17, 15) is 0 Å². The van der Waals surface area contributed by atoms with Crippen molar-refractivity contribution in [2.45, 2.75) is 69.2 Å². The summed E-state index contributed by atoms with van der Waals surface area (Å²) in [6, 6.07) is 9.11. The van der Waals surface area contributed by atoms with E-state index in [4.69, 9.17) is 20.9 Å². The summed E-state index contributed by atoms with van der Waals surface area (Å²) in [6.45, 7) is 0.569. The van der Waals surface area contributed by atoms with E-state index >= 15 is 0 Å². The molecule has 25 heavy (non-hydrogen) atoms. The predicted molar refractivity (Wildman–Crippen MR) is 96.7 cm³/mol. The molecule has 5 rings (SSSR count). The zero-order valence-corrected chi connectivity index (χ0v) is 15.0. The van der Waals surface area contributed by atoms with Crippen LogP contribution in [-0.4, -0.2) is 23.3 Å². The van der Waals surface area contributed by atoms with Crippen molar-refractivity contribution in [3.63, 3.8) is 0 Å². The van der Waals surface area contributed by atoms with Gasteiger partial charge in [-0.3, -0.25) is 0 Å². The van der Waals surface area contributed by atoms with Crippen molar-refractivity contribution in [3.8, 4) is 11.3 Å². The van der Waals surface area contributed by atoms with Crippen LogP contribution in [0.5, 0.6) is 0 Å². The molecule has 0 radical (unpaired) electrons. The summed E-state index contributed by atoms with van der Waals surface area (Å²) in [7, 11) is 0. The number of benzene rings is 1. The molecule has 2 aliphatic heterocycles. The van der Waals surface area contributed by atoms with E-state index in [-0.39, 0.29) is 0 Å². The van der Waals surface area contributed by atoms with Crippen LogP contribution in [-0.2, 0) is 11.3 Å². The number of hydrogen-bond acceptors (Lipinski definition) is 4. The molecule has 1 aliphatic carbocycles. The van der Waals surface area contributed by atoms with Crippen LogP contribution in [0.4, 0.5) is 0 Å². The van der Waals surface area contributed by atoms with Crippen LogP contribution >= 0.6 is 11.6 Å². The lowest BCUT2D eigenvalue weighted by Crippen LogP contribution is -2.41. The molecule has 3 fully saturated rings. The Morgan fingerprint density at radius 2 is 1.88 bits per heavy atom. The smallest absolute Gasteiger partial charge is 0.145 e. The van der Waals surface area contributed by atoms with Gasteiger partial charge < -0.3 is 14.6 Å². The maximum absolute atomic E-state index is 6.40. The molecule has 1 unspecified atom stereocenters.